The van der Waals surface area contributed by atoms with Crippen molar-refractivity contribution in [3.63, 3.8) is 0 Å². The maximum Gasteiger partial charge on any atom is 0.224 e. The number of ether oxygens (including phenoxy) is 1. The average molecular weight is 277 g/mol. The first kappa shape index (κ1) is 16.7. The number of carbonyl (C=O) groups is 1. The van der Waals surface area contributed by atoms with Gasteiger partial charge in [-0.1, -0.05) is 39.0 Å². The second-order valence-electron chi connectivity index (χ2n) is 6.26. The van der Waals surface area contributed by atoms with Crippen LogP contribution in [0.1, 0.15) is 43.9 Å². The highest BCUT2D eigenvalue weighted by Gasteiger charge is 2.15. The number of aryl methyl sites for hydroxylation is 1. The molecule has 0 saturated carbocycles. The minimum Gasteiger partial charge on any atom is -0.385 e. The zero-order valence-electron chi connectivity index (χ0n) is 13.4. The van der Waals surface area contributed by atoms with Crippen LogP contribution in [0.3, 0.4) is 0 Å². The van der Waals surface area contributed by atoms with Crippen molar-refractivity contribution >= 4 is 5.91 Å². The number of hydrogen-bond acceptors (Lipinski definition) is 2. The predicted octanol–water partition coefficient (Wildman–Crippen LogP) is 2.99. The van der Waals surface area contributed by atoms with Gasteiger partial charge in [0.15, 0.2) is 0 Å². The molecule has 0 saturated heterocycles. The van der Waals surface area contributed by atoms with Crippen LogP contribution in [0.15, 0.2) is 18.2 Å². The van der Waals surface area contributed by atoms with E-state index >= 15 is 0 Å². The number of benzene rings is 1. The standard InChI is InChI=1S/C17H27NO2/c1-13-11-15(17(2,3)4)8-7-14(13)12-16(19)18-9-6-10-20-5/h7-8,11H,6,9-10,12H2,1-5H3,(H,18,19). The van der Waals surface area contributed by atoms with Crippen LogP contribution in [-0.2, 0) is 21.4 Å². The van der Waals surface area contributed by atoms with E-state index in [1.54, 1.807) is 7.11 Å². The summed E-state index contributed by atoms with van der Waals surface area (Å²) < 4.78 is 4.95. The second-order valence-corrected chi connectivity index (χ2v) is 6.26. The summed E-state index contributed by atoms with van der Waals surface area (Å²) in [5.74, 6) is 0.0766. The van der Waals surface area contributed by atoms with Crippen molar-refractivity contribution in [1.82, 2.24) is 5.32 Å². The molecule has 0 heterocycles. The minimum absolute atomic E-state index is 0.0766. The summed E-state index contributed by atoms with van der Waals surface area (Å²) in [6.45, 7) is 10.0. The molecule has 1 N–H and O–H groups in total. The van der Waals surface area contributed by atoms with Crippen LogP contribution in [-0.4, -0.2) is 26.2 Å². The molecule has 0 spiro atoms. The maximum absolute atomic E-state index is 11.9. The first-order valence-electron chi connectivity index (χ1n) is 7.20. The number of methoxy groups -OCH3 is 1. The van der Waals surface area contributed by atoms with Crippen LogP contribution >= 0.6 is 0 Å². The summed E-state index contributed by atoms with van der Waals surface area (Å²) in [6, 6.07) is 6.39. The Morgan fingerprint density at radius 3 is 2.55 bits per heavy atom. The summed E-state index contributed by atoms with van der Waals surface area (Å²) in [6.07, 6.45) is 1.30. The number of amides is 1. The minimum atomic E-state index is 0.0766. The molecule has 0 aliphatic heterocycles. The molecule has 0 fully saturated rings. The van der Waals surface area contributed by atoms with Crippen LogP contribution < -0.4 is 5.32 Å². The Balaban J connectivity index is 2.58. The molecule has 20 heavy (non-hydrogen) atoms. The van der Waals surface area contributed by atoms with Gasteiger partial charge in [-0.15, -0.1) is 0 Å². The molecular weight excluding hydrogens is 250 g/mol. The third kappa shape index (κ3) is 5.33. The van der Waals surface area contributed by atoms with Crippen LogP contribution in [0.4, 0.5) is 0 Å². The van der Waals surface area contributed by atoms with E-state index in [4.69, 9.17) is 4.74 Å². The van der Waals surface area contributed by atoms with Crippen molar-refractivity contribution in [1.29, 1.82) is 0 Å². The van der Waals surface area contributed by atoms with Crippen LogP contribution in [0.25, 0.3) is 0 Å². The number of nitrogens with one attached hydrogen (secondary N) is 1. The van der Waals surface area contributed by atoms with Crippen molar-refractivity contribution in [2.45, 2.75) is 46.0 Å². The summed E-state index contributed by atoms with van der Waals surface area (Å²) in [7, 11) is 1.67. The fourth-order valence-corrected chi connectivity index (χ4v) is 2.04. The van der Waals surface area contributed by atoms with Crippen LogP contribution in [0.5, 0.6) is 0 Å². The first-order chi connectivity index (χ1) is 9.34. The molecule has 0 bridgehead atoms. The van der Waals surface area contributed by atoms with Crippen LogP contribution in [0, 0.1) is 6.92 Å². The fourth-order valence-electron chi connectivity index (χ4n) is 2.04. The lowest BCUT2D eigenvalue weighted by Gasteiger charge is -2.20. The second kappa shape index (κ2) is 7.44. The van der Waals surface area contributed by atoms with Gasteiger partial charge in [-0.05, 0) is 35.4 Å². The molecule has 0 unspecified atom stereocenters. The van der Waals surface area contributed by atoms with E-state index in [0.29, 0.717) is 19.6 Å². The van der Waals surface area contributed by atoms with Gasteiger partial charge < -0.3 is 10.1 Å². The Labute approximate surface area is 122 Å². The molecular formula is C17H27NO2. The van der Waals surface area contributed by atoms with Crippen molar-refractivity contribution in [3.8, 4) is 0 Å². The normalized spacial score (nSPS) is 11.4. The molecule has 112 valence electrons. The van der Waals surface area contributed by atoms with E-state index in [9.17, 15) is 4.79 Å². The highest BCUT2D eigenvalue weighted by Crippen LogP contribution is 2.24. The van der Waals surface area contributed by atoms with E-state index in [-0.39, 0.29) is 11.3 Å². The van der Waals surface area contributed by atoms with Gasteiger partial charge in [-0.25, -0.2) is 0 Å². The van der Waals surface area contributed by atoms with Gasteiger partial charge in [0.05, 0.1) is 6.42 Å². The molecule has 0 radical (unpaired) electrons. The summed E-state index contributed by atoms with van der Waals surface area (Å²) in [4.78, 5) is 11.9. The molecule has 0 aromatic heterocycles. The lowest BCUT2D eigenvalue weighted by atomic mass is 9.85. The molecule has 0 aliphatic rings. The Morgan fingerprint density at radius 2 is 2.00 bits per heavy atom. The van der Waals surface area contributed by atoms with E-state index in [1.165, 1.54) is 11.1 Å². The summed E-state index contributed by atoms with van der Waals surface area (Å²) >= 11 is 0. The zero-order valence-corrected chi connectivity index (χ0v) is 13.4. The van der Waals surface area contributed by atoms with Crippen molar-refractivity contribution < 1.29 is 9.53 Å². The third-order valence-corrected chi connectivity index (χ3v) is 3.41. The molecule has 3 heteroatoms. The van der Waals surface area contributed by atoms with Crippen molar-refractivity contribution in [2.24, 2.45) is 0 Å². The summed E-state index contributed by atoms with van der Waals surface area (Å²) in [5, 5.41) is 2.92. The van der Waals surface area contributed by atoms with Gasteiger partial charge in [-0.3, -0.25) is 4.79 Å². The van der Waals surface area contributed by atoms with E-state index in [2.05, 4.69) is 51.2 Å². The topological polar surface area (TPSA) is 38.3 Å². The van der Waals surface area contributed by atoms with Crippen molar-refractivity contribution in [2.75, 3.05) is 20.3 Å². The first-order valence-corrected chi connectivity index (χ1v) is 7.20. The van der Waals surface area contributed by atoms with Gasteiger partial charge in [0.25, 0.3) is 0 Å². The third-order valence-electron chi connectivity index (χ3n) is 3.41. The molecule has 1 aromatic rings. The average Bonchev–Trinajstić information content (AvgIpc) is 2.36. The number of hydrogen-bond donors (Lipinski definition) is 1. The highest BCUT2D eigenvalue weighted by molar-refractivity contribution is 5.78. The molecule has 0 atom stereocenters. The molecule has 0 aliphatic carbocycles. The number of carbonyl (C=O) groups excluding carboxylic acids is 1. The SMILES string of the molecule is COCCCNC(=O)Cc1ccc(C(C)(C)C)cc1C. The predicted molar refractivity (Wildman–Crippen MR) is 83.1 cm³/mol. The monoisotopic (exact) mass is 277 g/mol. The summed E-state index contributed by atoms with van der Waals surface area (Å²) in [5.41, 5.74) is 3.73. The lowest BCUT2D eigenvalue weighted by molar-refractivity contribution is -0.120. The fraction of sp³-hybridized carbons (Fsp3) is 0.588. The maximum atomic E-state index is 11.9. The van der Waals surface area contributed by atoms with Gasteiger partial charge >= 0.3 is 0 Å². The Hall–Kier alpha value is -1.35. The lowest BCUT2D eigenvalue weighted by Crippen LogP contribution is -2.27. The van der Waals surface area contributed by atoms with E-state index in [0.717, 1.165) is 12.0 Å². The quantitative estimate of drug-likeness (QED) is 0.812. The molecule has 3 nitrogen and oxygen atoms in total. The molecule has 1 rings (SSSR count). The smallest absolute Gasteiger partial charge is 0.224 e. The highest BCUT2D eigenvalue weighted by atomic mass is 16.5. The largest absolute Gasteiger partial charge is 0.385 e. The van der Waals surface area contributed by atoms with Gasteiger partial charge in [0.1, 0.15) is 0 Å². The molecule has 1 amide bonds. The zero-order chi connectivity index (χ0) is 15.2. The Morgan fingerprint density at radius 1 is 1.30 bits per heavy atom. The van der Waals surface area contributed by atoms with Gasteiger partial charge in [0, 0.05) is 20.3 Å². The van der Waals surface area contributed by atoms with Crippen LogP contribution in [0.2, 0.25) is 0 Å². The van der Waals surface area contributed by atoms with E-state index in [1.807, 2.05) is 0 Å². The van der Waals surface area contributed by atoms with E-state index < -0.39 is 0 Å². The molecule has 1 aromatic carbocycles. The Bertz CT molecular complexity index is 447. The van der Waals surface area contributed by atoms with Gasteiger partial charge in [-0.2, -0.15) is 0 Å². The van der Waals surface area contributed by atoms with Crippen molar-refractivity contribution in [3.05, 3.63) is 34.9 Å². The van der Waals surface area contributed by atoms with Gasteiger partial charge in [0.2, 0.25) is 5.91 Å². The number of rotatable bonds is 6. The Kier molecular flexibility index (Phi) is 6.21.